The third kappa shape index (κ3) is 5.18. The molecule has 6 heteroatoms. The van der Waals surface area contributed by atoms with Gasteiger partial charge in [-0.15, -0.1) is 0 Å². The smallest absolute Gasteiger partial charge is 0.417 e. The molecule has 0 heterocycles. The molecule has 0 spiro atoms. The fourth-order valence-electron chi connectivity index (χ4n) is 1.30. The Bertz CT molecular complexity index is 462. The van der Waals surface area contributed by atoms with Crippen molar-refractivity contribution in [3.8, 4) is 0 Å². The van der Waals surface area contributed by atoms with Gasteiger partial charge in [-0.25, -0.2) is 9.69 Å². The number of carbonyl (C=O) groups is 2. The molecule has 0 aliphatic rings. The van der Waals surface area contributed by atoms with Crippen LogP contribution in [0, 0.1) is 0 Å². The van der Waals surface area contributed by atoms with Gasteiger partial charge in [0.25, 0.3) is 0 Å². The summed E-state index contributed by atoms with van der Waals surface area (Å²) in [5, 5.41) is 0.475. The van der Waals surface area contributed by atoms with Gasteiger partial charge in [-0.3, -0.25) is 4.79 Å². The van der Waals surface area contributed by atoms with E-state index in [1.54, 1.807) is 38.1 Å². The van der Waals surface area contributed by atoms with Crippen LogP contribution in [0.4, 0.5) is 10.5 Å². The third-order valence-electron chi connectivity index (χ3n) is 2.07. The van der Waals surface area contributed by atoms with E-state index in [1.807, 2.05) is 0 Å². The Morgan fingerprint density at radius 2 is 2.05 bits per heavy atom. The molecule has 0 bridgehead atoms. The largest absolute Gasteiger partial charge is 0.446 e. The first-order valence-electron chi connectivity index (χ1n) is 5.77. The maximum Gasteiger partial charge on any atom is 0.417 e. The van der Waals surface area contributed by atoms with Gasteiger partial charge < -0.3 is 9.47 Å². The summed E-state index contributed by atoms with van der Waals surface area (Å²) in [6.45, 7) is 4.52. The van der Waals surface area contributed by atoms with E-state index in [4.69, 9.17) is 21.1 Å². The van der Waals surface area contributed by atoms with Crippen LogP contribution in [0.1, 0.15) is 20.8 Å². The fraction of sp³-hybridized carbons (Fsp3) is 0.385. The molecule has 0 aromatic heterocycles. The van der Waals surface area contributed by atoms with Crippen LogP contribution in [0.25, 0.3) is 0 Å². The summed E-state index contributed by atoms with van der Waals surface area (Å²) in [7, 11) is 0. The highest BCUT2D eigenvalue weighted by Gasteiger charge is 2.19. The second-order valence-electron chi connectivity index (χ2n) is 4.11. The number of anilines is 1. The van der Waals surface area contributed by atoms with Crippen molar-refractivity contribution in [1.29, 1.82) is 0 Å². The molecule has 104 valence electrons. The summed E-state index contributed by atoms with van der Waals surface area (Å²) < 4.78 is 9.94. The molecular weight excluding hydrogens is 270 g/mol. The highest BCUT2D eigenvalue weighted by Crippen LogP contribution is 2.20. The first kappa shape index (κ1) is 15.3. The lowest BCUT2D eigenvalue weighted by molar-refractivity contribution is -0.140. The molecule has 0 radical (unpaired) electrons. The van der Waals surface area contributed by atoms with Crippen molar-refractivity contribution in [2.75, 3.05) is 11.6 Å². The van der Waals surface area contributed by atoms with Gasteiger partial charge in [0.1, 0.15) is 0 Å². The van der Waals surface area contributed by atoms with Crippen LogP contribution in [-0.2, 0) is 14.3 Å². The first-order valence-corrected chi connectivity index (χ1v) is 6.15. The number of esters is 1. The molecule has 19 heavy (non-hydrogen) atoms. The van der Waals surface area contributed by atoms with Crippen molar-refractivity contribution >= 4 is 29.4 Å². The molecule has 0 N–H and O–H groups in total. The van der Waals surface area contributed by atoms with E-state index in [0.29, 0.717) is 10.7 Å². The second-order valence-corrected chi connectivity index (χ2v) is 4.54. The molecule has 1 rings (SSSR count). The Morgan fingerprint density at radius 3 is 2.58 bits per heavy atom. The minimum absolute atomic E-state index is 0.221. The fourth-order valence-corrected chi connectivity index (χ4v) is 1.48. The first-order chi connectivity index (χ1) is 8.90. The van der Waals surface area contributed by atoms with Crippen LogP contribution in [0.15, 0.2) is 24.3 Å². The summed E-state index contributed by atoms with van der Waals surface area (Å²) >= 11 is 5.88. The van der Waals surface area contributed by atoms with Gasteiger partial charge in [0.15, 0.2) is 6.73 Å². The standard InChI is InChI=1S/C13H16ClNO4/c1-9(2)19-13(17)15(8-18-10(3)16)12-6-4-5-11(14)7-12/h4-7,9H,8H2,1-3H3. The quantitative estimate of drug-likeness (QED) is 0.629. The molecular formula is C13H16ClNO4. The van der Waals surface area contributed by atoms with Crippen molar-refractivity contribution in [1.82, 2.24) is 0 Å². The third-order valence-corrected chi connectivity index (χ3v) is 2.31. The number of rotatable bonds is 4. The number of ether oxygens (including phenoxy) is 2. The predicted molar refractivity (Wildman–Crippen MR) is 72.2 cm³/mol. The van der Waals surface area contributed by atoms with Crippen LogP contribution in [0.5, 0.6) is 0 Å². The average Bonchev–Trinajstić information content (AvgIpc) is 2.27. The summed E-state index contributed by atoms with van der Waals surface area (Å²) in [6.07, 6.45) is -0.870. The summed E-state index contributed by atoms with van der Waals surface area (Å²) in [5.74, 6) is -0.482. The molecule has 1 amide bonds. The van der Waals surface area contributed by atoms with E-state index in [1.165, 1.54) is 11.8 Å². The Labute approximate surface area is 117 Å². The van der Waals surface area contributed by atoms with Gasteiger partial charge in [-0.1, -0.05) is 17.7 Å². The van der Waals surface area contributed by atoms with Crippen molar-refractivity contribution in [3.05, 3.63) is 29.3 Å². The van der Waals surface area contributed by atoms with Crippen molar-refractivity contribution in [2.45, 2.75) is 26.9 Å². The van der Waals surface area contributed by atoms with Gasteiger partial charge >= 0.3 is 12.1 Å². The highest BCUT2D eigenvalue weighted by molar-refractivity contribution is 6.30. The molecule has 1 aromatic carbocycles. The minimum Gasteiger partial charge on any atom is -0.446 e. The van der Waals surface area contributed by atoms with Gasteiger partial charge in [0.05, 0.1) is 11.8 Å². The normalized spacial score (nSPS) is 10.2. The zero-order valence-electron chi connectivity index (χ0n) is 11.1. The molecule has 0 saturated carbocycles. The number of halogens is 1. The molecule has 0 fully saturated rings. The maximum atomic E-state index is 11.9. The zero-order valence-corrected chi connectivity index (χ0v) is 11.8. The number of hydrogen-bond donors (Lipinski definition) is 0. The van der Waals surface area contributed by atoms with E-state index in [-0.39, 0.29) is 12.8 Å². The number of hydrogen-bond acceptors (Lipinski definition) is 4. The molecule has 0 saturated heterocycles. The number of amides is 1. The lowest BCUT2D eigenvalue weighted by atomic mass is 10.3. The molecule has 0 aliphatic carbocycles. The zero-order chi connectivity index (χ0) is 14.4. The summed E-state index contributed by atoms with van der Waals surface area (Å²) in [6, 6.07) is 6.65. The topological polar surface area (TPSA) is 55.8 Å². The Hall–Kier alpha value is -1.75. The summed E-state index contributed by atoms with van der Waals surface area (Å²) in [4.78, 5) is 24.0. The summed E-state index contributed by atoms with van der Waals surface area (Å²) in [5.41, 5.74) is 0.499. The lowest BCUT2D eigenvalue weighted by Crippen LogP contribution is -2.35. The van der Waals surface area contributed by atoms with E-state index in [0.717, 1.165) is 0 Å². The number of benzene rings is 1. The SMILES string of the molecule is CC(=O)OCN(C(=O)OC(C)C)c1cccc(Cl)c1. The van der Waals surface area contributed by atoms with Crippen molar-refractivity contribution in [3.63, 3.8) is 0 Å². The monoisotopic (exact) mass is 285 g/mol. The molecule has 5 nitrogen and oxygen atoms in total. The van der Waals surface area contributed by atoms with E-state index in [2.05, 4.69) is 0 Å². The maximum absolute atomic E-state index is 11.9. The number of carbonyl (C=O) groups excluding carboxylic acids is 2. The average molecular weight is 286 g/mol. The molecule has 0 unspecified atom stereocenters. The van der Waals surface area contributed by atoms with Gasteiger partial charge in [0, 0.05) is 11.9 Å². The lowest BCUT2D eigenvalue weighted by Gasteiger charge is -2.22. The molecule has 0 atom stereocenters. The Kier molecular flexibility index (Phi) is 5.63. The van der Waals surface area contributed by atoms with E-state index in [9.17, 15) is 9.59 Å². The number of nitrogens with zero attached hydrogens (tertiary/aromatic N) is 1. The van der Waals surface area contributed by atoms with Crippen LogP contribution >= 0.6 is 11.6 Å². The molecule has 0 aliphatic heterocycles. The molecule has 1 aromatic rings. The van der Waals surface area contributed by atoms with E-state index >= 15 is 0 Å². The van der Waals surface area contributed by atoms with Crippen LogP contribution in [0.2, 0.25) is 5.02 Å². The Balaban J connectivity index is 2.91. The van der Waals surface area contributed by atoms with E-state index < -0.39 is 12.1 Å². The Morgan fingerprint density at radius 1 is 1.37 bits per heavy atom. The minimum atomic E-state index is -0.599. The van der Waals surface area contributed by atoms with Crippen LogP contribution in [0.3, 0.4) is 0 Å². The van der Waals surface area contributed by atoms with Crippen LogP contribution in [-0.4, -0.2) is 24.9 Å². The highest BCUT2D eigenvalue weighted by atomic mass is 35.5. The van der Waals surface area contributed by atoms with Crippen molar-refractivity contribution < 1.29 is 19.1 Å². The van der Waals surface area contributed by atoms with Crippen LogP contribution < -0.4 is 4.90 Å². The second kappa shape index (κ2) is 6.99. The predicted octanol–water partition coefficient (Wildman–Crippen LogP) is 3.21. The van der Waals surface area contributed by atoms with Gasteiger partial charge in [0.2, 0.25) is 0 Å². The van der Waals surface area contributed by atoms with Gasteiger partial charge in [-0.2, -0.15) is 0 Å². The van der Waals surface area contributed by atoms with Crippen molar-refractivity contribution in [2.24, 2.45) is 0 Å². The van der Waals surface area contributed by atoms with Gasteiger partial charge in [-0.05, 0) is 32.0 Å².